The average molecular weight is 512 g/mol. The van der Waals surface area contributed by atoms with E-state index in [1.165, 1.54) is 23.5 Å². The maximum atomic E-state index is 15.7. The first-order valence-corrected chi connectivity index (χ1v) is 10.1. The lowest BCUT2D eigenvalue weighted by molar-refractivity contribution is -0.207. The van der Waals surface area contributed by atoms with Crippen molar-refractivity contribution < 1.29 is 35.8 Å². The number of halogens is 7. The van der Waals surface area contributed by atoms with E-state index in [2.05, 4.69) is 20.5 Å². The van der Waals surface area contributed by atoms with Gasteiger partial charge in [0, 0.05) is 29.1 Å². The summed E-state index contributed by atoms with van der Waals surface area (Å²) in [5.74, 6) is -6.70. The Morgan fingerprint density at radius 3 is 2.14 bits per heavy atom. The molecule has 0 spiro atoms. The second-order valence-corrected chi connectivity index (χ2v) is 7.70. The summed E-state index contributed by atoms with van der Waals surface area (Å²) in [5.41, 5.74) is -4.73. The standard InChI is InChI=1S/C22H15F7N6O/c23-15-4-7-17(18(24)9-15)20(36,11-35-12-31-33-34-35)21(25,26)19-8-3-14(10-30-19)13-1-5-16(6-2-13)32-22(27,28)29/h1-10,12,32,36H,11H2/t20-/m0/s1. The third kappa shape index (κ3) is 4.98. The normalized spacial score (nSPS) is 13.9. The Morgan fingerprint density at radius 2 is 1.58 bits per heavy atom. The number of aliphatic hydroxyl groups is 1. The molecular formula is C22H15F7N6O. The molecule has 0 bridgehead atoms. The first-order valence-electron chi connectivity index (χ1n) is 10.1. The minimum absolute atomic E-state index is 0.226. The van der Waals surface area contributed by atoms with E-state index in [0.29, 0.717) is 23.8 Å². The summed E-state index contributed by atoms with van der Waals surface area (Å²) in [6, 6.07) is 8.78. The number of aromatic nitrogens is 5. The third-order valence-corrected chi connectivity index (χ3v) is 5.27. The molecule has 2 heterocycles. The number of nitrogens with one attached hydrogen (secondary N) is 1. The van der Waals surface area contributed by atoms with E-state index in [4.69, 9.17) is 0 Å². The molecule has 14 heteroatoms. The van der Waals surface area contributed by atoms with E-state index in [1.54, 1.807) is 0 Å². The number of pyridine rings is 1. The maximum Gasteiger partial charge on any atom is 0.482 e. The maximum absolute atomic E-state index is 15.7. The lowest BCUT2D eigenvalue weighted by Gasteiger charge is -2.35. The molecule has 0 radical (unpaired) electrons. The molecular weight excluding hydrogens is 497 g/mol. The van der Waals surface area contributed by atoms with Crippen LogP contribution >= 0.6 is 0 Å². The lowest BCUT2D eigenvalue weighted by atomic mass is 9.84. The smallest absolute Gasteiger partial charge is 0.377 e. The fourth-order valence-electron chi connectivity index (χ4n) is 3.54. The van der Waals surface area contributed by atoms with Gasteiger partial charge in [0.25, 0.3) is 0 Å². The predicted octanol–water partition coefficient (Wildman–Crippen LogP) is 4.62. The van der Waals surface area contributed by atoms with Gasteiger partial charge in [-0.15, -0.1) is 5.10 Å². The van der Waals surface area contributed by atoms with Gasteiger partial charge in [-0.1, -0.05) is 18.2 Å². The number of benzene rings is 2. The zero-order valence-corrected chi connectivity index (χ0v) is 17.9. The molecule has 0 aliphatic heterocycles. The van der Waals surface area contributed by atoms with Crippen molar-refractivity contribution >= 4 is 5.69 Å². The molecule has 1 atom stereocenters. The van der Waals surface area contributed by atoms with Gasteiger partial charge in [-0.2, -0.15) is 22.0 Å². The van der Waals surface area contributed by atoms with Gasteiger partial charge < -0.3 is 5.11 Å². The molecule has 2 aromatic heterocycles. The molecule has 0 aliphatic carbocycles. The van der Waals surface area contributed by atoms with Crippen LogP contribution in [0, 0.1) is 11.6 Å². The van der Waals surface area contributed by atoms with E-state index in [-0.39, 0.29) is 11.3 Å². The summed E-state index contributed by atoms with van der Waals surface area (Å²) in [6.07, 6.45) is -2.68. The fourth-order valence-corrected chi connectivity index (χ4v) is 3.54. The van der Waals surface area contributed by atoms with Gasteiger partial charge in [0.1, 0.15) is 23.7 Å². The van der Waals surface area contributed by atoms with Crippen molar-refractivity contribution in [2.24, 2.45) is 0 Å². The van der Waals surface area contributed by atoms with Crippen LogP contribution in [0.4, 0.5) is 36.4 Å². The van der Waals surface area contributed by atoms with Crippen LogP contribution in [-0.4, -0.2) is 36.6 Å². The lowest BCUT2D eigenvalue weighted by Crippen LogP contribution is -2.48. The van der Waals surface area contributed by atoms with Crippen LogP contribution in [0.15, 0.2) is 67.1 Å². The van der Waals surface area contributed by atoms with E-state index in [1.807, 2.05) is 0 Å². The highest BCUT2D eigenvalue weighted by Crippen LogP contribution is 2.46. The molecule has 188 valence electrons. The Morgan fingerprint density at radius 1 is 0.889 bits per heavy atom. The molecule has 2 N–H and O–H groups in total. The van der Waals surface area contributed by atoms with Crippen molar-refractivity contribution in [3.8, 4) is 11.1 Å². The van der Waals surface area contributed by atoms with Crippen molar-refractivity contribution in [2.45, 2.75) is 24.4 Å². The van der Waals surface area contributed by atoms with E-state index in [0.717, 1.165) is 35.4 Å². The molecule has 0 saturated heterocycles. The Hall–Kier alpha value is -4.07. The van der Waals surface area contributed by atoms with Crippen molar-refractivity contribution in [1.82, 2.24) is 25.2 Å². The zero-order valence-electron chi connectivity index (χ0n) is 17.9. The van der Waals surface area contributed by atoms with E-state index in [9.17, 15) is 27.1 Å². The second-order valence-electron chi connectivity index (χ2n) is 7.70. The minimum atomic E-state index is -4.63. The van der Waals surface area contributed by atoms with Gasteiger partial charge in [-0.05, 0) is 46.3 Å². The number of hydrogen-bond acceptors (Lipinski definition) is 6. The molecule has 36 heavy (non-hydrogen) atoms. The van der Waals surface area contributed by atoms with E-state index < -0.39 is 47.3 Å². The number of nitrogens with zero attached hydrogens (tertiary/aromatic N) is 5. The van der Waals surface area contributed by atoms with Crippen LogP contribution in [0.3, 0.4) is 0 Å². The van der Waals surface area contributed by atoms with Gasteiger partial charge in [-0.25, -0.2) is 13.5 Å². The molecule has 4 aromatic rings. The largest absolute Gasteiger partial charge is 0.482 e. The third-order valence-electron chi connectivity index (χ3n) is 5.27. The number of anilines is 1. The molecule has 0 aliphatic rings. The topological polar surface area (TPSA) is 88.8 Å². The van der Waals surface area contributed by atoms with Crippen LogP contribution < -0.4 is 5.32 Å². The molecule has 0 amide bonds. The number of alkyl halides is 5. The Labute approximate surface area is 198 Å². The highest BCUT2D eigenvalue weighted by molar-refractivity contribution is 5.65. The summed E-state index contributed by atoms with van der Waals surface area (Å²) in [5, 5.41) is 22.5. The van der Waals surface area contributed by atoms with Crippen molar-refractivity contribution in [2.75, 3.05) is 5.32 Å². The van der Waals surface area contributed by atoms with E-state index >= 15 is 8.78 Å². The van der Waals surface area contributed by atoms with Gasteiger partial charge >= 0.3 is 12.2 Å². The van der Waals surface area contributed by atoms with Gasteiger partial charge in [0.15, 0.2) is 5.60 Å². The first-order chi connectivity index (χ1) is 16.9. The summed E-state index contributed by atoms with van der Waals surface area (Å²) < 4.78 is 97.5. The van der Waals surface area contributed by atoms with Gasteiger partial charge in [0.2, 0.25) is 0 Å². The number of hydrogen-bond donors (Lipinski definition) is 2. The van der Waals surface area contributed by atoms with Crippen LogP contribution in [-0.2, 0) is 18.1 Å². The second kappa shape index (κ2) is 9.18. The molecule has 2 aromatic carbocycles. The molecule has 0 unspecified atom stereocenters. The highest BCUT2D eigenvalue weighted by Gasteiger charge is 2.58. The average Bonchev–Trinajstić information content (AvgIpc) is 3.31. The summed E-state index contributed by atoms with van der Waals surface area (Å²) in [7, 11) is 0. The fraction of sp³-hybridized carbons (Fsp3) is 0.182. The Bertz CT molecular complexity index is 1330. The van der Waals surface area contributed by atoms with Crippen LogP contribution in [0.25, 0.3) is 11.1 Å². The highest BCUT2D eigenvalue weighted by atomic mass is 19.4. The number of tetrazole rings is 1. The zero-order chi connectivity index (χ0) is 26.1. The van der Waals surface area contributed by atoms with Gasteiger partial charge in [0.05, 0.1) is 6.54 Å². The Balaban J connectivity index is 1.69. The molecule has 0 fully saturated rings. The van der Waals surface area contributed by atoms with Crippen molar-refractivity contribution in [3.05, 3.63) is 90.0 Å². The minimum Gasteiger partial charge on any atom is -0.377 e. The SMILES string of the molecule is O[C@@](Cn1cnnn1)(c1ccc(F)cc1F)C(F)(F)c1ccc(-c2ccc(NC(F)(F)F)cc2)cn1. The van der Waals surface area contributed by atoms with Crippen LogP contribution in [0.5, 0.6) is 0 Å². The predicted molar refractivity (Wildman–Crippen MR) is 111 cm³/mol. The molecule has 4 rings (SSSR count). The summed E-state index contributed by atoms with van der Waals surface area (Å²) in [4.78, 5) is 3.71. The molecule has 0 saturated carbocycles. The first kappa shape index (κ1) is 25.0. The van der Waals surface area contributed by atoms with Crippen molar-refractivity contribution in [3.63, 3.8) is 0 Å². The molecule has 7 nitrogen and oxygen atoms in total. The number of rotatable bonds is 7. The summed E-state index contributed by atoms with van der Waals surface area (Å²) in [6.45, 7) is -1.01. The van der Waals surface area contributed by atoms with Crippen LogP contribution in [0.1, 0.15) is 11.3 Å². The Kier molecular flexibility index (Phi) is 6.39. The van der Waals surface area contributed by atoms with Gasteiger partial charge in [-0.3, -0.25) is 10.3 Å². The summed E-state index contributed by atoms with van der Waals surface area (Å²) >= 11 is 0. The van der Waals surface area contributed by atoms with Crippen molar-refractivity contribution in [1.29, 1.82) is 0 Å². The monoisotopic (exact) mass is 512 g/mol. The van der Waals surface area contributed by atoms with Crippen LogP contribution in [0.2, 0.25) is 0 Å². The quantitative estimate of drug-likeness (QED) is 0.278.